The number of rotatable bonds is 24. The lowest BCUT2D eigenvalue weighted by Crippen LogP contribution is -2.56. The van der Waals surface area contributed by atoms with Gasteiger partial charge in [0, 0.05) is 6.42 Å². The average Bonchev–Trinajstić information content (AvgIpc) is 3.02. The summed E-state index contributed by atoms with van der Waals surface area (Å²) < 4.78 is 14.9. The molecule has 1 aromatic carbocycles. The van der Waals surface area contributed by atoms with Gasteiger partial charge in [-0.2, -0.15) is 0 Å². The summed E-state index contributed by atoms with van der Waals surface area (Å²) in [6.07, 6.45) is 16.6. The highest BCUT2D eigenvalue weighted by atomic mass is 16.6. The highest BCUT2D eigenvalue weighted by Crippen LogP contribution is 2.28. The Balaban J connectivity index is 3.01. The summed E-state index contributed by atoms with van der Waals surface area (Å²) in [7, 11) is 2.29. The molecule has 0 heterocycles. The molecule has 1 aromatic rings. The van der Waals surface area contributed by atoms with Crippen LogP contribution in [0.4, 0.5) is 0 Å². The molecule has 46 heavy (non-hydrogen) atoms. The third-order valence-corrected chi connectivity index (χ3v) is 7.87. The van der Waals surface area contributed by atoms with Crippen molar-refractivity contribution in [2.75, 3.05) is 14.2 Å². The SMILES string of the molecule is CCCCCCCCCCCCCC/C=C/[C@@H](C(=O)N[C@@H](Cc1ccc(O)cc1)C(=O)OC)[C@@](O)(CC(=O)OC)C(=O)OC(C)C. The van der Waals surface area contributed by atoms with Gasteiger partial charge in [-0.15, -0.1) is 0 Å². The number of unbranched alkanes of at least 4 members (excludes halogenated alkanes) is 12. The normalized spacial score (nSPS) is 14.0. The number of allylic oxidation sites excluding steroid dienone is 1. The predicted octanol–water partition coefficient (Wildman–Crippen LogP) is 6.10. The number of aliphatic hydroxyl groups is 1. The first-order valence-corrected chi connectivity index (χ1v) is 16.8. The Hall–Kier alpha value is -3.40. The number of hydrogen-bond donors (Lipinski definition) is 3. The first kappa shape index (κ1) is 40.6. The van der Waals surface area contributed by atoms with Gasteiger partial charge in [0.1, 0.15) is 11.8 Å². The first-order valence-electron chi connectivity index (χ1n) is 16.8. The number of nitrogens with one attached hydrogen (secondary N) is 1. The van der Waals surface area contributed by atoms with Crippen LogP contribution in [0.3, 0.4) is 0 Å². The summed E-state index contributed by atoms with van der Waals surface area (Å²) in [5, 5.41) is 23.9. The van der Waals surface area contributed by atoms with Gasteiger partial charge in [-0.3, -0.25) is 9.59 Å². The van der Waals surface area contributed by atoms with Crippen molar-refractivity contribution in [3.05, 3.63) is 42.0 Å². The molecular formula is C36H57NO9. The number of ether oxygens (including phenoxy) is 3. The van der Waals surface area contributed by atoms with Crippen LogP contribution in [0.1, 0.15) is 116 Å². The maximum absolute atomic E-state index is 13.8. The molecule has 260 valence electrons. The molecule has 3 atom stereocenters. The zero-order valence-corrected chi connectivity index (χ0v) is 28.6. The number of phenols is 1. The first-order chi connectivity index (χ1) is 22.0. The minimum absolute atomic E-state index is 0.0137. The zero-order valence-electron chi connectivity index (χ0n) is 28.6. The number of amides is 1. The van der Waals surface area contributed by atoms with Gasteiger partial charge in [-0.25, -0.2) is 9.59 Å². The standard InChI is InChI=1S/C36H57NO9/c1-6-7-8-9-10-11-12-13-14-15-16-17-18-19-20-30(36(43,26-32(39)44-4)35(42)46-27(2)3)33(40)37-31(34(41)45-5)25-28-21-23-29(38)24-22-28/h19-24,27,30-31,38,43H,6-18,25-26H2,1-5H3,(H,37,40)/b20-19+/t30-,31-,36-/m0/s1. The molecule has 1 rings (SSSR count). The van der Waals surface area contributed by atoms with Gasteiger partial charge in [0.25, 0.3) is 0 Å². The Bertz CT molecular complexity index is 1070. The molecule has 10 heteroatoms. The monoisotopic (exact) mass is 647 g/mol. The van der Waals surface area contributed by atoms with Gasteiger partial charge in [0.15, 0.2) is 5.60 Å². The fourth-order valence-electron chi connectivity index (χ4n) is 5.18. The molecular weight excluding hydrogens is 590 g/mol. The van der Waals surface area contributed by atoms with Gasteiger partial charge in [-0.1, -0.05) is 102 Å². The number of hydrogen-bond acceptors (Lipinski definition) is 9. The van der Waals surface area contributed by atoms with E-state index >= 15 is 0 Å². The van der Waals surface area contributed by atoms with Crippen molar-refractivity contribution in [1.29, 1.82) is 0 Å². The van der Waals surface area contributed by atoms with Crippen molar-refractivity contribution >= 4 is 23.8 Å². The lowest BCUT2D eigenvalue weighted by molar-refractivity contribution is -0.181. The number of carbonyl (C=O) groups is 4. The summed E-state index contributed by atoms with van der Waals surface area (Å²) >= 11 is 0. The predicted molar refractivity (Wildman–Crippen MR) is 177 cm³/mol. The van der Waals surface area contributed by atoms with Gasteiger partial charge < -0.3 is 29.7 Å². The molecule has 10 nitrogen and oxygen atoms in total. The molecule has 0 bridgehead atoms. The van der Waals surface area contributed by atoms with Crippen LogP contribution in [0.15, 0.2) is 36.4 Å². The van der Waals surface area contributed by atoms with Crippen LogP contribution >= 0.6 is 0 Å². The van der Waals surface area contributed by atoms with Crippen molar-refractivity contribution in [3.63, 3.8) is 0 Å². The molecule has 0 fully saturated rings. The summed E-state index contributed by atoms with van der Waals surface area (Å²) in [4.78, 5) is 52.0. The lowest BCUT2D eigenvalue weighted by atomic mass is 9.82. The largest absolute Gasteiger partial charge is 0.508 e. The molecule has 0 aliphatic rings. The topological polar surface area (TPSA) is 148 Å². The number of benzene rings is 1. The highest BCUT2D eigenvalue weighted by Gasteiger charge is 2.50. The second-order valence-corrected chi connectivity index (χ2v) is 12.2. The molecule has 1 amide bonds. The van der Waals surface area contributed by atoms with E-state index in [0.29, 0.717) is 12.0 Å². The molecule has 0 aromatic heterocycles. The lowest BCUT2D eigenvalue weighted by Gasteiger charge is -2.32. The van der Waals surface area contributed by atoms with E-state index in [4.69, 9.17) is 14.2 Å². The minimum Gasteiger partial charge on any atom is -0.508 e. The van der Waals surface area contributed by atoms with Crippen molar-refractivity contribution in [2.45, 2.75) is 135 Å². The van der Waals surface area contributed by atoms with Crippen LogP contribution in [-0.4, -0.2) is 66.0 Å². The van der Waals surface area contributed by atoms with Crippen LogP contribution < -0.4 is 5.32 Å². The van der Waals surface area contributed by atoms with E-state index in [1.54, 1.807) is 32.1 Å². The number of esters is 3. The van der Waals surface area contributed by atoms with Crippen LogP contribution in [0, 0.1) is 5.92 Å². The van der Waals surface area contributed by atoms with Crippen LogP contribution in [0.5, 0.6) is 5.75 Å². The Morgan fingerprint density at radius 1 is 0.848 bits per heavy atom. The molecule has 0 radical (unpaired) electrons. The molecule has 3 N–H and O–H groups in total. The van der Waals surface area contributed by atoms with E-state index in [2.05, 4.69) is 12.2 Å². The fourth-order valence-corrected chi connectivity index (χ4v) is 5.18. The van der Waals surface area contributed by atoms with Crippen molar-refractivity contribution in [2.24, 2.45) is 5.92 Å². The van der Waals surface area contributed by atoms with E-state index in [1.807, 2.05) is 0 Å². The third-order valence-electron chi connectivity index (χ3n) is 7.87. The summed E-state index contributed by atoms with van der Waals surface area (Å²) in [6.45, 7) is 5.39. The van der Waals surface area contributed by atoms with E-state index in [9.17, 15) is 29.4 Å². The highest BCUT2D eigenvalue weighted by molar-refractivity contribution is 5.95. The van der Waals surface area contributed by atoms with Crippen molar-refractivity contribution in [3.8, 4) is 5.75 Å². The second kappa shape index (κ2) is 23.0. The van der Waals surface area contributed by atoms with E-state index in [0.717, 1.165) is 26.4 Å². The Labute approximate surface area is 275 Å². The van der Waals surface area contributed by atoms with Crippen molar-refractivity contribution < 1.29 is 43.6 Å². The minimum atomic E-state index is -2.60. The number of phenolic OH excluding ortho intramolecular Hbond substituents is 1. The van der Waals surface area contributed by atoms with Gasteiger partial charge in [-0.05, 0) is 44.4 Å². The Kier molecular flexibility index (Phi) is 20.3. The Morgan fingerprint density at radius 3 is 1.89 bits per heavy atom. The van der Waals surface area contributed by atoms with Crippen LogP contribution in [-0.2, 0) is 39.8 Å². The third kappa shape index (κ3) is 15.7. The second-order valence-electron chi connectivity index (χ2n) is 12.2. The maximum atomic E-state index is 13.8. The number of methoxy groups -OCH3 is 2. The molecule has 0 saturated heterocycles. The van der Waals surface area contributed by atoms with Gasteiger partial charge in [0.2, 0.25) is 5.91 Å². The fraction of sp³-hybridized carbons (Fsp3) is 0.667. The number of aromatic hydroxyl groups is 1. The van der Waals surface area contributed by atoms with E-state index in [-0.39, 0.29) is 12.2 Å². The van der Waals surface area contributed by atoms with E-state index in [1.165, 1.54) is 83.1 Å². The smallest absolute Gasteiger partial charge is 0.340 e. The van der Waals surface area contributed by atoms with Crippen LogP contribution in [0.2, 0.25) is 0 Å². The number of carbonyl (C=O) groups excluding carboxylic acids is 4. The Morgan fingerprint density at radius 2 is 1.39 bits per heavy atom. The van der Waals surface area contributed by atoms with E-state index < -0.39 is 53.9 Å². The molecule has 0 aliphatic carbocycles. The quantitative estimate of drug-likeness (QED) is 0.0524. The molecule has 0 spiro atoms. The summed E-state index contributed by atoms with van der Waals surface area (Å²) in [5.41, 5.74) is -1.98. The summed E-state index contributed by atoms with van der Waals surface area (Å²) in [6, 6.07) is 4.90. The average molecular weight is 648 g/mol. The molecule has 0 aliphatic heterocycles. The van der Waals surface area contributed by atoms with Crippen LogP contribution in [0.25, 0.3) is 0 Å². The zero-order chi connectivity index (χ0) is 34.4. The van der Waals surface area contributed by atoms with Gasteiger partial charge in [0.05, 0.1) is 32.7 Å². The van der Waals surface area contributed by atoms with Gasteiger partial charge >= 0.3 is 17.9 Å². The van der Waals surface area contributed by atoms with Crippen molar-refractivity contribution in [1.82, 2.24) is 5.32 Å². The maximum Gasteiger partial charge on any atom is 0.340 e. The molecule has 0 unspecified atom stereocenters. The summed E-state index contributed by atoms with van der Waals surface area (Å²) in [5.74, 6) is -5.23. The molecule has 0 saturated carbocycles.